The molecule has 1 aromatic carbocycles. The number of sulfonamides is 1. The van der Waals surface area contributed by atoms with Gasteiger partial charge in [0.05, 0.1) is 5.69 Å². The quantitative estimate of drug-likeness (QED) is 0.572. The van der Waals surface area contributed by atoms with Crippen molar-refractivity contribution in [1.29, 1.82) is 0 Å². The predicted molar refractivity (Wildman–Crippen MR) is 83.7 cm³/mol. The maximum absolute atomic E-state index is 12.8. The molecule has 0 aliphatic heterocycles. The van der Waals surface area contributed by atoms with Crippen LogP contribution in [0.15, 0.2) is 47.6 Å². The molecule has 1 heterocycles. The zero-order valence-electron chi connectivity index (χ0n) is 12.4. The average molecular weight is 379 g/mol. The average Bonchev–Trinajstić information content (AvgIpc) is 2.48. The molecular formula is C14H13ClF2N2O4S. The van der Waals surface area contributed by atoms with Crippen molar-refractivity contribution in [3.05, 3.63) is 52.8 Å². The summed E-state index contributed by atoms with van der Waals surface area (Å²) in [5.74, 6) is -0.315. The number of aromatic nitrogens is 1. The number of anilines is 1. The van der Waals surface area contributed by atoms with E-state index in [0.29, 0.717) is 0 Å². The minimum atomic E-state index is -4.31. The van der Waals surface area contributed by atoms with Crippen molar-refractivity contribution in [1.82, 2.24) is 0 Å². The molecule has 0 saturated heterocycles. The van der Waals surface area contributed by atoms with E-state index >= 15 is 0 Å². The van der Waals surface area contributed by atoms with Gasteiger partial charge in [-0.2, -0.15) is 21.9 Å². The SMILES string of the molecule is CCN(c1ccccc1OC(F)F)S(=O)(=O)c1ccc(Cl)c[n+]1[O-]. The van der Waals surface area contributed by atoms with Crippen LogP contribution in [0.1, 0.15) is 6.92 Å². The van der Waals surface area contributed by atoms with Crippen LogP contribution in [0, 0.1) is 5.21 Å². The molecule has 0 fully saturated rings. The van der Waals surface area contributed by atoms with Gasteiger partial charge in [0.25, 0.3) is 0 Å². The van der Waals surface area contributed by atoms with E-state index in [9.17, 15) is 22.4 Å². The van der Waals surface area contributed by atoms with Gasteiger partial charge in [-0.25, -0.2) is 0 Å². The molecule has 0 radical (unpaired) electrons. The van der Waals surface area contributed by atoms with Crippen molar-refractivity contribution in [2.24, 2.45) is 0 Å². The largest absolute Gasteiger partial charge is 0.618 e. The Morgan fingerprint density at radius 1 is 1.29 bits per heavy atom. The number of pyridine rings is 1. The zero-order chi connectivity index (χ0) is 17.9. The molecule has 0 amide bonds. The number of benzene rings is 1. The fourth-order valence-electron chi connectivity index (χ4n) is 2.08. The number of nitrogens with zero attached hydrogens (tertiary/aromatic N) is 2. The molecule has 0 bridgehead atoms. The summed E-state index contributed by atoms with van der Waals surface area (Å²) in [4.78, 5) is 0. The van der Waals surface area contributed by atoms with Gasteiger partial charge in [-0.1, -0.05) is 23.7 Å². The van der Waals surface area contributed by atoms with Crippen LogP contribution in [0.4, 0.5) is 14.5 Å². The standard InChI is InChI=1S/C14H13ClF2N2O4S/c1-2-19(11-5-3-4-6-12(11)23-14(16)17)24(21,22)13-8-7-10(15)9-18(13)20/h3-9,14H,2H2,1H3. The van der Waals surface area contributed by atoms with Crippen molar-refractivity contribution in [3.8, 4) is 5.75 Å². The van der Waals surface area contributed by atoms with E-state index in [4.69, 9.17) is 11.6 Å². The second-order valence-corrected chi connectivity index (χ2v) is 6.77. The van der Waals surface area contributed by atoms with E-state index < -0.39 is 21.7 Å². The Labute approximate surface area is 142 Å². The molecule has 1 aromatic heterocycles. The van der Waals surface area contributed by atoms with Crippen LogP contribution in [0.3, 0.4) is 0 Å². The highest BCUT2D eigenvalue weighted by Gasteiger charge is 2.33. The Hall–Kier alpha value is -2.13. The topological polar surface area (TPSA) is 73.5 Å². The van der Waals surface area contributed by atoms with Gasteiger partial charge >= 0.3 is 21.7 Å². The monoisotopic (exact) mass is 378 g/mol. The number of hydrogen-bond donors (Lipinski definition) is 0. The summed E-state index contributed by atoms with van der Waals surface area (Å²) in [6.07, 6.45) is 0.893. The zero-order valence-corrected chi connectivity index (χ0v) is 14.0. The third kappa shape index (κ3) is 3.68. The molecule has 0 saturated carbocycles. The van der Waals surface area contributed by atoms with E-state index in [-0.39, 0.29) is 27.7 Å². The number of hydrogen-bond acceptors (Lipinski definition) is 4. The summed E-state index contributed by atoms with van der Waals surface area (Å²) in [5, 5.41) is 11.4. The van der Waals surface area contributed by atoms with Crippen molar-refractivity contribution in [2.45, 2.75) is 18.6 Å². The van der Waals surface area contributed by atoms with Crippen LogP contribution in [0.25, 0.3) is 0 Å². The lowest BCUT2D eigenvalue weighted by Gasteiger charge is -2.23. The normalized spacial score (nSPS) is 11.5. The third-order valence-electron chi connectivity index (χ3n) is 3.03. The maximum atomic E-state index is 12.8. The van der Waals surface area contributed by atoms with E-state index in [1.54, 1.807) is 0 Å². The van der Waals surface area contributed by atoms with Gasteiger partial charge < -0.3 is 9.94 Å². The number of ether oxygens (including phenoxy) is 1. The molecule has 6 nitrogen and oxygen atoms in total. The molecule has 0 N–H and O–H groups in total. The van der Waals surface area contributed by atoms with Crippen LogP contribution in [0.2, 0.25) is 5.02 Å². The molecule has 24 heavy (non-hydrogen) atoms. The smallest absolute Gasteiger partial charge is 0.387 e. The van der Waals surface area contributed by atoms with Crippen LogP contribution >= 0.6 is 11.6 Å². The maximum Gasteiger partial charge on any atom is 0.387 e. The Balaban J connectivity index is 2.55. The fourth-order valence-corrected chi connectivity index (χ4v) is 3.73. The van der Waals surface area contributed by atoms with Gasteiger partial charge in [-0.05, 0) is 25.1 Å². The molecule has 10 heteroatoms. The second-order valence-electron chi connectivity index (χ2n) is 4.53. The van der Waals surface area contributed by atoms with Crippen molar-refractivity contribution in [2.75, 3.05) is 10.8 Å². The predicted octanol–water partition coefficient (Wildman–Crippen LogP) is 2.79. The Morgan fingerprint density at radius 2 is 1.96 bits per heavy atom. The van der Waals surface area contributed by atoms with Gasteiger partial charge in [0.1, 0.15) is 10.8 Å². The van der Waals surface area contributed by atoms with Gasteiger partial charge in [-0.3, -0.25) is 4.31 Å². The van der Waals surface area contributed by atoms with Gasteiger partial charge in [0.2, 0.25) is 0 Å². The number of alkyl halides is 2. The lowest BCUT2D eigenvalue weighted by atomic mass is 10.3. The summed E-state index contributed by atoms with van der Waals surface area (Å²) in [7, 11) is -4.31. The highest BCUT2D eigenvalue weighted by Crippen LogP contribution is 2.32. The molecule has 0 spiro atoms. The minimum Gasteiger partial charge on any atom is -0.618 e. The fraction of sp³-hybridized carbons (Fsp3) is 0.214. The van der Waals surface area contributed by atoms with Gasteiger partial charge in [-0.15, -0.1) is 0 Å². The van der Waals surface area contributed by atoms with Gasteiger partial charge in [0.15, 0.2) is 6.20 Å². The number of para-hydroxylation sites is 2. The van der Waals surface area contributed by atoms with E-state index in [1.165, 1.54) is 37.3 Å². The van der Waals surface area contributed by atoms with Crippen LogP contribution in [0.5, 0.6) is 5.75 Å². The van der Waals surface area contributed by atoms with Crippen molar-refractivity contribution in [3.63, 3.8) is 0 Å². The van der Waals surface area contributed by atoms with E-state index in [0.717, 1.165) is 16.6 Å². The number of rotatable bonds is 6. The molecule has 130 valence electrons. The summed E-state index contributed by atoms with van der Waals surface area (Å²) < 4.78 is 55.9. The molecule has 0 atom stereocenters. The summed E-state index contributed by atoms with van der Waals surface area (Å²) >= 11 is 5.65. The lowest BCUT2D eigenvalue weighted by Crippen LogP contribution is -2.41. The van der Waals surface area contributed by atoms with E-state index in [2.05, 4.69) is 4.74 Å². The van der Waals surface area contributed by atoms with Crippen LogP contribution < -0.4 is 13.8 Å². The first-order valence-electron chi connectivity index (χ1n) is 6.72. The Morgan fingerprint density at radius 3 is 2.54 bits per heavy atom. The van der Waals surface area contributed by atoms with E-state index in [1.807, 2.05) is 0 Å². The first-order chi connectivity index (χ1) is 11.3. The Kier molecular flexibility index (Phi) is 5.45. The van der Waals surface area contributed by atoms with Crippen LogP contribution in [-0.4, -0.2) is 21.6 Å². The molecule has 0 unspecified atom stereocenters. The summed E-state index contributed by atoms with van der Waals surface area (Å²) in [5.41, 5.74) is -0.102. The highest BCUT2D eigenvalue weighted by molar-refractivity contribution is 7.92. The molecule has 2 aromatic rings. The Bertz CT molecular complexity index is 833. The molecule has 0 aliphatic rings. The highest BCUT2D eigenvalue weighted by atomic mass is 35.5. The summed E-state index contributed by atoms with van der Waals surface area (Å²) in [6, 6.07) is 7.72. The lowest BCUT2D eigenvalue weighted by molar-refractivity contribution is -0.646. The number of halogens is 3. The van der Waals surface area contributed by atoms with Gasteiger partial charge in [0, 0.05) is 12.6 Å². The summed E-state index contributed by atoms with van der Waals surface area (Å²) in [6.45, 7) is -1.72. The second kappa shape index (κ2) is 7.18. The van der Waals surface area contributed by atoms with Crippen LogP contribution in [-0.2, 0) is 10.0 Å². The third-order valence-corrected chi connectivity index (χ3v) is 5.14. The first kappa shape index (κ1) is 18.2. The molecule has 2 rings (SSSR count). The van der Waals surface area contributed by atoms with Crippen molar-refractivity contribution >= 4 is 27.3 Å². The molecule has 0 aliphatic carbocycles. The van der Waals surface area contributed by atoms with Crippen molar-refractivity contribution < 1.29 is 26.7 Å². The minimum absolute atomic E-state index is 0.0634. The molecular weight excluding hydrogens is 366 g/mol. The first-order valence-corrected chi connectivity index (χ1v) is 8.54.